The van der Waals surface area contributed by atoms with Crippen LogP contribution in [0.25, 0.3) is 0 Å². The quantitative estimate of drug-likeness (QED) is 0.183. The van der Waals surface area contributed by atoms with Crippen LogP contribution >= 0.6 is 0 Å². The predicted octanol–water partition coefficient (Wildman–Crippen LogP) is 6.56. The molecule has 39 heavy (non-hydrogen) atoms. The second-order valence-corrected chi connectivity index (χ2v) is 11.9. The van der Waals surface area contributed by atoms with Crippen LogP contribution in [0.5, 0.6) is 0 Å². The fourth-order valence-corrected chi connectivity index (χ4v) is 6.02. The van der Waals surface area contributed by atoms with E-state index in [1.165, 1.54) is 9.87 Å². The van der Waals surface area contributed by atoms with E-state index < -0.39 is 15.9 Å². The molecule has 200 valence electrons. The van der Waals surface area contributed by atoms with E-state index in [9.17, 15) is 13.2 Å². The summed E-state index contributed by atoms with van der Waals surface area (Å²) in [4.78, 5) is 13.5. The summed E-state index contributed by atoms with van der Waals surface area (Å²) in [5.41, 5.74) is 5.70. The highest BCUT2D eigenvalue weighted by Gasteiger charge is 2.28. The van der Waals surface area contributed by atoms with Crippen molar-refractivity contribution in [1.82, 2.24) is 5.43 Å². The van der Waals surface area contributed by atoms with Crippen LogP contribution in [-0.2, 0) is 22.0 Å². The van der Waals surface area contributed by atoms with Crippen molar-refractivity contribution < 1.29 is 13.2 Å². The molecule has 1 N–H and O–H groups in total. The van der Waals surface area contributed by atoms with Gasteiger partial charge in [-0.3, -0.25) is 9.10 Å². The van der Waals surface area contributed by atoms with Crippen molar-refractivity contribution in [3.63, 3.8) is 0 Å². The lowest BCUT2D eigenvalue weighted by Gasteiger charge is -2.26. The molecule has 0 fully saturated rings. The minimum atomic E-state index is -3.98. The van der Waals surface area contributed by atoms with Gasteiger partial charge >= 0.3 is 0 Å². The number of carbonyl (C=O) groups excluding carboxylic acids is 1. The van der Waals surface area contributed by atoms with E-state index in [1.807, 2.05) is 55.5 Å². The molecule has 4 aromatic rings. The summed E-state index contributed by atoms with van der Waals surface area (Å²) in [6.07, 6.45) is 0.640. The van der Waals surface area contributed by atoms with Crippen molar-refractivity contribution in [2.24, 2.45) is 5.10 Å². The van der Waals surface area contributed by atoms with Gasteiger partial charge in [-0.2, -0.15) is 5.10 Å². The second-order valence-electron chi connectivity index (χ2n) is 10.0. The molecule has 0 bridgehead atoms. The van der Waals surface area contributed by atoms with Crippen LogP contribution in [0.1, 0.15) is 48.7 Å². The van der Waals surface area contributed by atoms with Crippen LogP contribution in [-0.4, -0.2) is 20.0 Å². The van der Waals surface area contributed by atoms with Crippen LogP contribution in [0.3, 0.4) is 0 Å². The van der Waals surface area contributed by atoms with Crippen molar-refractivity contribution >= 4 is 27.3 Å². The van der Waals surface area contributed by atoms with Gasteiger partial charge in [0, 0.05) is 5.71 Å². The van der Waals surface area contributed by atoms with Crippen LogP contribution in [0.2, 0.25) is 0 Å². The maximum absolute atomic E-state index is 13.8. The number of hydrogen-bond acceptors (Lipinski definition) is 4. The third kappa shape index (κ3) is 6.81. The molecule has 4 aromatic carbocycles. The maximum Gasteiger partial charge on any atom is 0.273 e. The van der Waals surface area contributed by atoms with Gasteiger partial charge in [-0.05, 0) is 54.2 Å². The molecule has 6 nitrogen and oxygen atoms in total. The summed E-state index contributed by atoms with van der Waals surface area (Å²) < 4.78 is 29.0. The number of sulfonamides is 1. The monoisotopic (exact) mass is 539 g/mol. The number of hydrazone groups is 1. The topological polar surface area (TPSA) is 78.8 Å². The number of nitrogens with zero attached hydrogens (tertiary/aromatic N) is 2. The van der Waals surface area contributed by atoms with E-state index >= 15 is 0 Å². The van der Waals surface area contributed by atoms with Crippen molar-refractivity contribution in [1.29, 1.82) is 0 Å². The molecule has 0 aromatic heterocycles. The molecule has 0 spiro atoms. The number of benzene rings is 4. The predicted molar refractivity (Wildman–Crippen MR) is 157 cm³/mol. The van der Waals surface area contributed by atoms with Gasteiger partial charge in [0.25, 0.3) is 15.9 Å². The highest BCUT2D eigenvalue weighted by atomic mass is 32.2. The number of anilines is 1. The summed E-state index contributed by atoms with van der Waals surface area (Å²) >= 11 is 0. The zero-order chi connectivity index (χ0) is 27.9. The summed E-state index contributed by atoms with van der Waals surface area (Å²) in [6, 6.07) is 34.4. The average molecular weight is 540 g/mol. The average Bonchev–Trinajstić information content (AvgIpc) is 2.96. The van der Waals surface area contributed by atoms with Crippen LogP contribution in [0, 0.1) is 0 Å². The standard InChI is InChI=1S/C32H33N3O3S/c1-25(23-32(2,3)27-17-9-5-10-18-27)33-34-31(36)29-21-13-14-22-30(29)35(24-26-15-7-4-8-16-26)39(37,38)28-19-11-6-12-20-28/h4-22H,23-24H2,1-3H3,(H,34,36)/b33-25-. The van der Waals surface area contributed by atoms with E-state index in [4.69, 9.17) is 0 Å². The zero-order valence-corrected chi connectivity index (χ0v) is 23.2. The van der Waals surface area contributed by atoms with Gasteiger partial charge in [-0.25, -0.2) is 13.8 Å². The fraction of sp³-hybridized carbons (Fsp3) is 0.188. The molecular weight excluding hydrogens is 506 g/mol. The van der Waals surface area contributed by atoms with Crippen molar-refractivity contribution in [3.05, 3.63) is 132 Å². The highest BCUT2D eigenvalue weighted by Crippen LogP contribution is 2.30. The smallest absolute Gasteiger partial charge is 0.267 e. The Balaban J connectivity index is 1.64. The Morgan fingerprint density at radius 1 is 0.795 bits per heavy atom. The molecule has 0 saturated heterocycles. The Hall–Kier alpha value is -4.23. The van der Waals surface area contributed by atoms with Gasteiger partial charge in [-0.15, -0.1) is 0 Å². The first-order valence-corrected chi connectivity index (χ1v) is 14.2. The van der Waals surface area contributed by atoms with E-state index in [2.05, 4.69) is 36.5 Å². The lowest BCUT2D eigenvalue weighted by Crippen LogP contribution is -2.33. The number of nitrogens with one attached hydrogen (secondary N) is 1. The summed E-state index contributed by atoms with van der Waals surface area (Å²) in [5.74, 6) is -0.483. The van der Waals surface area contributed by atoms with Gasteiger partial charge in [0.05, 0.1) is 22.7 Å². The SMILES string of the molecule is C/C(CC(C)(C)c1ccccc1)=N/NC(=O)c1ccccc1N(Cc1ccccc1)S(=O)(=O)c1ccccc1. The normalized spacial score (nSPS) is 12.1. The van der Waals surface area contributed by atoms with Gasteiger partial charge in [0.2, 0.25) is 0 Å². The van der Waals surface area contributed by atoms with E-state index in [-0.39, 0.29) is 28.1 Å². The zero-order valence-electron chi connectivity index (χ0n) is 22.4. The van der Waals surface area contributed by atoms with Gasteiger partial charge < -0.3 is 0 Å². The molecule has 0 saturated carbocycles. The Bertz CT molecular complexity index is 1540. The number of rotatable bonds is 10. The first kappa shape index (κ1) is 27.8. The molecule has 0 unspecified atom stereocenters. The highest BCUT2D eigenvalue weighted by molar-refractivity contribution is 7.92. The Morgan fingerprint density at radius 2 is 1.33 bits per heavy atom. The summed E-state index contributed by atoms with van der Waals surface area (Å²) in [7, 11) is -3.98. The molecule has 1 amide bonds. The molecule has 0 heterocycles. The Labute approximate surface area is 231 Å². The van der Waals surface area contributed by atoms with Crippen LogP contribution < -0.4 is 9.73 Å². The van der Waals surface area contributed by atoms with Crippen LogP contribution in [0.15, 0.2) is 125 Å². The minimum absolute atomic E-state index is 0.0654. The summed E-state index contributed by atoms with van der Waals surface area (Å²) in [6.45, 7) is 6.21. The third-order valence-corrected chi connectivity index (χ3v) is 8.29. The number of carbonyl (C=O) groups is 1. The van der Waals surface area contributed by atoms with Crippen LogP contribution in [0.4, 0.5) is 5.69 Å². The molecule has 0 aliphatic carbocycles. The first-order valence-electron chi connectivity index (χ1n) is 12.8. The number of amides is 1. The van der Waals surface area contributed by atoms with E-state index in [0.717, 1.165) is 11.3 Å². The van der Waals surface area contributed by atoms with Crippen molar-refractivity contribution in [2.45, 2.75) is 44.0 Å². The molecule has 0 aliphatic rings. The maximum atomic E-state index is 13.8. The van der Waals surface area contributed by atoms with Crippen molar-refractivity contribution in [3.8, 4) is 0 Å². The largest absolute Gasteiger partial charge is 0.273 e. The third-order valence-electron chi connectivity index (χ3n) is 6.52. The number of hydrogen-bond donors (Lipinski definition) is 1. The number of para-hydroxylation sites is 1. The summed E-state index contributed by atoms with van der Waals surface area (Å²) in [5, 5.41) is 4.37. The van der Waals surface area contributed by atoms with Gasteiger partial charge in [0.15, 0.2) is 0 Å². The Morgan fingerprint density at radius 3 is 1.97 bits per heavy atom. The Kier molecular flexibility index (Phi) is 8.62. The second kappa shape index (κ2) is 12.1. The van der Waals surface area contributed by atoms with Gasteiger partial charge in [-0.1, -0.05) is 105 Å². The lowest BCUT2D eigenvalue weighted by molar-refractivity contribution is 0.0955. The lowest BCUT2D eigenvalue weighted by atomic mass is 9.80. The molecular formula is C32H33N3O3S. The molecule has 0 radical (unpaired) electrons. The molecule has 0 aliphatic heterocycles. The molecule has 0 atom stereocenters. The van der Waals surface area contributed by atoms with Crippen molar-refractivity contribution in [2.75, 3.05) is 4.31 Å². The minimum Gasteiger partial charge on any atom is -0.267 e. The molecule has 4 rings (SSSR count). The fourth-order valence-electron chi connectivity index (χ4n) is 4.53. The van der Waals surface area contributed by atoms with E-state index in [0.29, 0.717) is 6.42 Å². The van der Waals surface area contributed by atoms with Gasteiger partial charge in [0.1, 0.15) is 0 Å². The first-order chi connectivity index (χ1) is 18.7. The molecule has 7 heteroatoms. The van der Waals surface area contributed by atoms with E-state index in [1.54, 1.807) is 54.6 Å².